The molecule has 0 saturated carbocycles. The lowest BCUT2D eigenvalue weighted by Gasteiger charge is -2.05. The first-order valence-electron chi connectivity index (χ1n) is 5.19. The molecule has 18 heavy (non-hydrogen) atoms. The van der Waals surface area contributed by atoms with Crippen molar-refractivity contribution in [1.29, 1.82) is 0 Å². The third-order valence-electron chi connectivity index (χ3n) is 2.24. The van der Waals surface area contributed by atoms with Gasteiger partial charge in [-0.05, 0) is 11.6 Å². The van der Waals surface area contributed by atoms with E-state index in [1.54, 1.807) is 0 Å². The second-order valence-electron chi connectivity index (χ2n) is 3.55. The van der Waals surface area contributed by atoms with Crippen LogP contribution in [0.3, 0.4) is 0 Å². The van der Waals surface area contributed by atoms with Crippen LogP contribution in [0.1, 0.15) is 15.9 Å². The van der Waals surface area contributed by atoms with E-state index in [2.05, 4.69) is 4.98 Å². The maximum atomic E-state index is 12.9. The summed E-state index contributed by atoms with van der Waals surface area (Å²) in [7, 11) is 0. The summed E-state index contributed by atoms with van der Waals surface area (Å²) in [5.41, 5.74) is 0.763. The van der Waals surface area contributed by atoms with Gasteiger partial charge in [0.15, 0.2) is 0 Å². The molecule has 0 saturated heterocycles. The van der Waals surface area contributed by atoms with Gasteiger partial charge in [0.25, 0.3) is 0 Å². The smallest absolute Gasteiger partial charge is 0.341 e. The summed E-state index contributed by atoms with van der Waals surface area (Å²) in [4.78, 5) is 15.2. The van der Waals surface area contributed by atoms with Gasteiger partial charge in [-0.1, -0.05) is 41.9 Å². The molecule has 0 unspecified atom stereocenters. The number of ether oxygens (including phenoxy) is 1. The van der Waals surface area contributed by atoms with Gasteiger partial charge in [-0.15, -0.1) is 0 Å². The van der Waals surface area contributed by atoms with E-state index in [0.29, 0.717) is 0 Å². The maximum absolute atomic E-state index is 12.9. The van der Waals surface area contributed by atoms with E-state index >= 15 is 0 Å². The third-order valence-corrected chi connectivity index (χ3v) is 2.54. The number of aromatic nitrogens is 1. The summed E-state index contributed by atoms with van der Waals surface area (Å²) in [5.74, 6) is -1.33. The SMILES string of the molecule is O=C(OCc1ccccc1)c1cc(F)cnc1Cl. The Kier molecular flexibility index (Phi) is 3.89. The molecular weight excluding hydrogens is 257 g/mol. The monoisotopic (exact) mass is 265 g/mol. The standard InChI is InChI=1S/C13H9ClFNO2/c14-12-11(6-10(15)7-16-12)13(17)18-8-9-4-2-1-3-5-9/h1-7H,8H2. The molecule has 1 aromatic carbocycles. The minimum absolute atomic E-state index is 0.0746. The minimum Gasteiger partial charge on any atom is -0.457 e. The molecule has 0 spiro atoms. The lowest BCUT2D eigenvalue weighted by atomic mass is 10.2. The van der Waals surface area contributed by atoms with Crippen LogP contribution in [0.25, 0.3) is 0 Å². The van der Waals surface area contributed by atoms with E-state index in [4.69, 9.17) is 16.3 Å². The molecule has 0 fully saturated rings. The number of hydrogen-bond acceptors (Lipinski definition) is 3. The van der Waals surface area contributed by atoms with Gasteiger partial charge in [-0.3, -0.25) is 0 Å². The highest BCUT2D eigenvalue weighted by Crippen LogP contribution is 2.15. The summed E-state index contributed by atoms with van der Waals surface area (Å²) in [6.07, 6.45) is 0.941. The average Bonchev–Trinajstić information content (AvgIpc) is 2.40. The predicted octanol–water partition coefficient (Wildman–Crippen LogP) is 3.23. The van der Waals surface area contributed by atoms with Gasteiger partial charge in [-0.2, -0.15) is 0 Å². The van der Waals surface area contributed by atoms with Crippen LogP contribution in [0, 0.1) is 5.82 Å². The highest BCUT2D eigenvalue weighted by atomic mass is 35.5. The molecule has 1 heterocycles. The molecule has 0 N–H and O–H groups in total. The summed E-state index contributed by atoms with van der Waals surface area (Å²) >= 11 is 5.69. The number of hydrogen-bond donors (Lipinski definition) is 0. The number of nitrogens with zero attached hydrogens (tertiary/aromatic N) is 1. The van der Waals surface area contributed by atoms with Crippen molar-refractivity contribution in [3.8, 4) is 0 Å². The quantitative estimate of drug-likeness (QED) is 0.632. The van der Waals surface area contributed by atoms with E-state index in [9.17, 15) is 9.18 Å². The number of carbonyl (C=O) groups excluding carboxylic acids is 1. The predicted molar refractivity (Wildman–Crippen MR) is 64.8 cm³/mol. The Morgan fingerprint density at radius 2 is 2.06 bits per heavy atom. The molecule has 0 aliphatic rings. The molecule has 2 aromatic rings. The molecule has 0 bridgehead atoms. The molecule has 0 atom stereocenters. The van der Waals surface area contributed by atoms with Crippen molar-refractivity contribution in [2.75, 3.05) is 0 Å². The van der Waals surface area contributed by atoms with Crippen molar-refractivity contribution in [2.24, 2.45) is 0 Å². The lowest BCUT2D eigenvalue weighted by molar-refractivity contribution is 0.0472. The number of halogens is 2. The number of rotatable bonds is 3. The van der Waals surface area contributed by atoms with Gasteiger partial charge < -0.3 is 4.74 Å². The lowest BCUT2D eigenvalue weighted by Crippen LogP contribution is -2.07. The highest BCUT2D eigenvalue weighted by Gasteiger charge is 2.14. The Labute approximate surface area is 108 Å². The Balaban J connectivity index is 2.06. The minimum atomic E-state index is -0.698. The van der Waals surface area contributed by atoms with Crippen molar-refractivity contribution in [2.45, 2.75) is 6.61 Å². The number of benzene rings is 1. The largest absolute Gasteiger partial charge is 0.457 e. The van der Waals surface area contributed by atoms with Crippen molar-refractivity contribution in [3.63, 3.8) is 0 Å². The first-order chi connectivity index (χ1) is 8.66. The third kappa shape index (κ3) is 3.05. The van der Waals surface area contributed by atoms with Crippen LogP contribution in [0.5, 0.6) is 0 Å². The second kappa shape index (κ2) is 5.60. The zero-order valence-electron chi connectivity index (χ0n) is 9.27. The molecule has 0 amide bonds. The topological polar surface area (TPSA) is 39.2 Å². The fourth-order valence-corrected chi connectivity index (χ4v) is 1.55. The summed E-state index contributed by atoms with van der Waals surface area (Å²) in [6, 6.07) is 10.2. The molecule has 3 nitrogen and oxygen atoms in total. The number of pyridine rings is 1. The fraction of sp³-hybridized carbons (Fsp3) is 0.0769. The molecule has 0 aliphatic heterocycles. The first kappa shape index (κ1) is 12.5. The van der Waals surface area contributed by atoms with E-state index in [0.717, 1.165) is 17.8 Å². The highest BCUT2D eigenvalue weighted by molar-refractivity contribution is 6.32. The van der Waals surface area contributed by atoms with Gasteiger partial charge in [0.1, 0.15) is 17.6 Å². The van der Waals surface area contributed by atoms with Crippen LogP contribution in [0.4, 0.5) is 4.39 Å². The van der Waals surface area contributed by atoms with E-state index in [1.165, 1.54) is 0 Å². The molecular formula is C13H9ClFNO2. The van der Waals surface area contributed by atoms with Crippen LogP contribution < -0.4 is 0 Å². The zero-order chi connectivity index (χ0) is 13.0. The number of carbonyl (C=O) groups is 1. The van der Waals surface area contributed by atoms with Crippen molar-refractivity contribution < 1.29 is 13.9 Å². The van der Waals surface area contributed by atoms with Gasteiger partial charge in [-0.25, -0.2) is 14.2 Å². The van der Waals surface area contributed by atoms with Gasteiger partial charge >= 0.3 is 5.97 Å². The van der Waals surface area contributed by atoms with Gasteiger partial charge in [0, 0.05) is 0 Å². The van der Waals surface area contributed by atoms with Crippen LogP contribution in [-0.2, 0) is 11.3 Å². The zero-order valence-corrected chi connectivity index (χ0v) is 10.0. The van der Waals surface area contributed by atoms with Crippen LogP contribution >= 0.6 is 11.6 Å². The van der Waals surface area contributed by atoms with Crippen molar-refractivity contribution in [1.82, 2.24) is 4.98 Å². The van der Waals surface area contributed by atoms with Gasteiger partial charge in [0.05, 0.1) is 11.8 Å². The average molecular weight is 266 g/mol. The molecule has 0 aliphatic carbocycles. The molecule has 2 rings (SSSR count). The van der Waals surface area contributed by atoms with Crippen LogP contribution in [0.2, 0.25) is 5.15 Å². The van der Waals surface area contributed by atoms with E-state index < -0.39 is 11.8 Å². The Bertz CT molecular complexity index is 560. The van der Waals surface area contributed by atoms with E-state index in [-0.39, 0.29) is 17.3 Å². The Morgan fingerprint density at radius 1 is 1.33 bits per heavy atom. The number of esters is 1. The second-order valence-corrected chi connectivity index (χ2v) is 3.91. The molecule has 1 aromatic heterocycles. The molecule has 0 radical (unpaired) electrons. The first-order valence-corrected chi connectivity index (χ1v) is 5.56. The molecule has 92 valence electrons. The maximum Gasteiger partial charge on any atom is 0.341 e. The Morgan fingerprint density at radius 3 is 2.78 bits per heavy atom. The van der Waals surface area contributed by atoms with E-state index in [1.807, 2.05) is 30.3 Å². The summed E-state index contributed by atoms with van der Waals surface area (Å²) < 4.78 is 18.0. The van der Waals surface area contributed by atoms with Crippen molar-refractivity contribution in [3.05, 3.63) is 64.7 Å². The molecule has 5 heteroatoms. The van der Waals surface area contributed by atoms with Gasteiger partial charge in [0.2, 0.25) is 0 Å². The van der Waals surface area contributed by atoms with Crippen LogP contribution in [0.15, 0.2) is 42.6 Å². The Hall–Kier alpha value is -1.94. The summed E-state index contributed by atoms with van der Waals surface area (Å²) in [5, 5.41) is -0.0746. The normalized spacial score (nSPS) is 10.1. The fourth-order valence-electron chi connectivity index (χ4n) is 1.37. The summed E-state index contributed by atoms with van der Waals surface area (Å²) in [6.45, 7) is 0.104. The van der Waals surface area contributed by atoms with Crippen LogP contribution in [-0.4, -0.2) is 11.0 Å². The van der Waals surface area contributed by atoms with Crippen molar-refractivity contribution >= 4 is 17.6 Å².